The number of benzene rings is 3. The van der Waals surface area contributed by atoms with E-state index < -0.39 is 0 Å². The summed E-state index contributed by atoms with van der Waals surface area (Å²) in [6.07, 6.45) is 1.60. The second kappa shape index (κ2) is 11.2. The number of nitrogens with one attached hydrogen (secondary N) is 1. The number of nitrogens with zero attached hydrogens (tertiary/aromatic N) is 3. The molecule has 1 aliphatic heterocycles. The van der Waals surface area contributed by atoms with Crippen LogP contribution in [0, 0.1) is 12.8 Å². The number of likely N-dealkylation sites (tertiary alicyclic amines) is 1. The predicted molar refractivity (Wildman–Crippen MR) is 143 cm³/mol. The Morgan fingerprint density at radius 3 is 2.47 bits per heavy atom. The Labute approximate surface area is 219 Å². The van der Waals surface area contributed by atoms with Gasteiger partial charge in [-0.2, -0.15) is 4.98 Å². The van der Waals surface area contributed by atoms with Gasteiger partial charge in [-0.25, -0.2) is 0 Å². The van der Waals surface area contributed by atoms with Crippen molar-refractivity contribution in [2.45, 2.75) is 32.4 Å². The van der Waals surface area contributed by atoms with Crippen molar-refractivity contribution >= 4 is 21.8 Å². The number of carbonyl (C=O) groups excluding carboxylic acids is 1. The Hall–Kier alpha value is -3.29. The van der Waals surface area contributed by atoms with Gasteiger partial charge in [0.25, 0.3) is 0 Å². The predicted octanol–water partition coefficient (Wildman–Crippen LogP) is 5.93. The van der Waals surface area contributed by atoms with Crippen molar-refractivity contribution in [3.05, 3.63) is 106 Å². The number of piperidine rings is 1. The molecule has 5 rings (SSSR count). The van der Waals surface area contributed by atoms with E-state index in [1.807, 2.05) is 48.5 Å². The maximum absolute atomic E-state index is 13.3. The molecule has 6 nitrogen and oxygen atoms in total. The molecule has 1 unspecified atom stereocenters. The monoisotopic (exact) mass is 544 g/mol. The molecule has 36 heavy (non-hydrogen) atoms. The zero-order valence-corrected chi connectivity index (χ0v) is 21.8. The van der Waals surface area contributed by atoms with Crippen LogP contribution in [0.15, 0.2) is 87.9 Å². The first kappa shape index (κ1) is 24.4. The summed E-state index contributed by atoms with van der Waals surface area (Å²) >= 11 is 3.44. The van der Waals surface area contributed by atoms with E-state index >= 15 is 0 Å². The minimum atomic E-state index is -0.160. The molecule has 1 amide bonds. The van der Waals surface area contributed by atoms with Crippen molar-refractivity contribution in [1.82, 2.24) is 20.4 Å². The molecule has 0 aliphatic carbocycles. The molecule has 2 heterocycles. The third kappa shape index (κ3) is 5.91. The van der Waals surface area contributed by atoms with Gasteiger partial charge in [-0.1, -0.05) is 81.2 Å². The third-order valence-electron chi connectivity index (χ3n) is 6.68. The molecule has 0 saturated carbocycles. The summed E-state index contributed by atoms with van der Waals surface area (Å²) in [5, 5.41) is 7.46. The van der Waals surface area contributed by atoms with Crippen molar-refractivity contribution in [2.24, 2.45) is 5.92 Å². The molecule has 3 aromatic carbocycles. The molecule has 0 radical (unpaired) electrons. The largest absolute Gasteiger partial charge is 0.345 e. The van der Waals surface area contributed by atoms with Crippen LogP contribution in [-0.4, -0.2) is 34.0 Å². The van der Waals surface area contributed by atoms with Gasteiger partial charge in [0.2, 0.25) is 17.6 Å². The van der Waals surface area contributed by atoms with Crippen LogP contribution in [0.1, 0.15) is 41.5 Å². The van der Waals surface area contributed by atoms with Gasteiger partial charge in [-0.3, -0.25) is 9.69 Å². The van der Waals surface area contributed by atoms with Gasteiger partial charge in [-0.15, -0.1) is 0 Å². The number of carbonyl (C=O) groups is 1. The molecule has 184 valence electrons. The second-order valence-corrected chi connectivity index (χ2v) is 10.3. The van der Waals surface area contributed by atoms with Gasteiger partial charge in [0.15, 0.2) is 0 Å². The van der Waals surface area contributed by atoms with Crippen molar-refractivity contribution < 1.29 is 9.32 Å². The average molecular weight is 545 g/mol. The number of hydrogen-bond acceptors (Lipinski definition) is 5. The van der Waals surface area contributed by atoms with E-state index in [1.165, 1.54) is 5.56 Å². The summed E-state index contributed by atoms with van der Waals surface area (Å²) in [6.45, 7) is 4.30. The maximum Gasteiger partial charge on any atom is 0.241 e. The number of rotatable bonds is 7. The Bertz CT molecular complexity index is 1300. The second-order valence-electron chi connectivity index (χ2n) is 9.34. The Kier molecular flexibility index (Phi) is 7.58. The minimum Gasteiger partial charge on any atom is -0.345 e. The van der Waals surface area contributed by atoms with E-state index in [4.69, 9.17) is 4.52 Å². The molecular formula is C29H29BrN4O2. The van der Waals surface area contributed by atoms with Gasteiger partial charge < -0.3 is 9.84 Å². The minimum absolute atomic E-state index is 0.0155. The van der Waals surface area contributed by atoms with E-state index in [9.17, 15) is 4.79 Å². The highest BCUT2D eigenvalue weighted by atomic mass is 79.9. The number of amides is 1. The van der Waals surface area contributed by atoms with Crippen LogP contribution in [0.5, 0.6) is 0 Å². The van der Waals surface area contributed by atoms with E-state index in [2.05, 4.69) is 73.5 Å². The van der Waals surface area contributed by atoms with Crippen LogP contribution in [0.2, 0.25) is 0 Å². The molecule has 1 aliphatic rings. The van der Waals surface area contributed by atoms with E-state index in [1.54, 1.807) is 0 Å². The van der Waals surface area contributed by atoms with Crippen molar-refractivity contribution in [2.75, 3.05) is 13.1 Å². The van der Waals surface area contributed by atoms with E-state index in [-0.39, 0.29) is 17.9 Å². The molecule has 1 fully saturated rings. The van der Waals surface area contributed by atoms with Crippen LogP contribution < -0.4 is 5.32 Å². The number of halogens is 1. The number of aryl methyl sites for hydroxylation is 1. The molecule has 4 aromatic rings. The lowest BCUT2D eigenvalue weighted by molar-refractivity contribution is -0.127. The smallest absolute Gasteiger partial charge is 0.241 e. The average Bonchev–Trinajstić information content (AvgIpc) is 3.37. The summed E-state index contributed by atoms with van der Waals surface area (Å²) < 4.78 is 6.50. The Morgan fingerprint density at radius 1 is 1.03 bits per heavy atom. The fraction of sp³-hybridized carbons (Fsp3) is 0.276. The van der Waals surface area contributed by atoms with Gasteiger partial charge in [0.05, 0.1) is 12.6 Å². The van der Waals surface area contributed by atoms with Crippen molar-refractivity contribution in [3.63, 3.8) is 0 Å². The fourth-order valence-electron chi connectivity index (χ4n) is 4.69. The molecule has 1 atom stereocenters. The van der Waals surface area contributed by atoms with Gasteiger partial charge in [0.1, 0.15) is 0 Å². The third-order valence-corrected chi connectivity index (χ3v) is 7.21. The van der Waals surface area contributed by atoms with Crippen LogP contribution in [0.3, 0.4) is 0 Å². The summed E-state index contributed by atoms with van der Waals surface area (Å²) in [6, 6.07) is 26.2. The first-order chi connectivity index (χ1) is 17.5. The fourth-order valence-corrected chi connectivity index (χ4v) is 4.96. The van der Waals surface area contributed by atoms with Crippen LogP contribution in [-0.2, 0) is 11.3 Å². The SMILES string of the molecule is Cc1cccc(C(NC(=O)C2CCN(Cc3nc(-c4ccc(Br)cc4)no3)CC2)c2ccccc2)c1. The first-order valence-electron chi connectivity index (χ1n) is 12.3. The van der Waals surface area contributed by atoms with E-state index in [0.29, 0.717) is 18.3 Å². The Balaban J connectivity index is 1.19. The summed E-state index contributed by atoms with van der Waals surface area (Å²) in [5.74, 6) is 1.29. The highest BCUT2D eigenvalue weighted by Crippen LogP contribution is 2.26. The molecule has 1 N–H and O–H groups in total. The quantitative estimate of drug-likeness (QED) is 0.312. The highest BCUT2D eigenvalue weighted by molar-refractivity contribution is 9.10. The van der Waals surface area contributed by atoms with Crippen molar-refractivity contribution in [3.8, 4) is 11.4 Å². The molecular weight excluding hydrogens is 516 g/mol. The lowest BCUT2D eigenvalue weighted by Crippen LogP contribution is -2.41. The maximum atomic E-state index is 13.3. The Morgan fingerprint density at radius 2 is 1.75 bits per heavy atom. The molecule has 0 bridgehead atoms. The summed E-state index contributed by atoms with van der Waals surface area (Å²) in [5.41, 5.74) is 4.29. The lowest BCUT2D eigenvalue weighted by atomic mass is 9.93. The molecule has 1 aromatic heterocycles. The number of aromatic nitrogens is 2. The topological polar surface area (TPSA) is 71.3 Å². The van der Waals surface area contributed by atoms with Crippen LogP contribution in [0.25, 0.3) is 11.4 Å². The van der Waals surface area contributed by atoms with Crippen LogP contribution >= 0.6 is 15.9 Å². The number of hydrogen-bond donors (Lipinski definition) is 1. The normalized spacial score (nSPS) is 15.5. The van der Waals surface area contributed by atoms with Crippen molar-refractivity contribution in [1.29, 1.82) is 0 Å². The van der Waals surface area contributed by atoms with Gasteiger partial charge >= 0.3 is 0 Å². The lowest BCUT2D eigenvalue weighted by Gasteiger charge is -2.31. The molecule has 7 heteroatoms. The zero-order chi connectivity index (χ0) is 24.9. The summed E-state index contributed by atoms with van der Waals surface area (Å²) in [4.78, 5) is 20.1. The summed E-state index contributed by atoms with van der Waals surface area (Å²) in [7, 11) is 0. The van der Waals surface area contributed by atoms with Crippen LogP contribution in [0.4, 0.5) is 0 Å². The molecule has 1 saturated heterocycles. The van der Waals surface area contributed by atoms with Gasteiger partial charge in [0, 0.05) is 16.0 Å². The standard InChI is InChI=1S/C29H29BrN4O2/c1-20-6-5-9-24(18-20)27(21-7-3-2-4-8-21)32-29(35)23-14-16-34(17-15-23)19-26-31-28(33-36-26)22-10-12-25(30)13-11-22/h2-13,18,23,27H,14-17,19H2,1H3,(H,32,35). The van der Waals surface area contributed by atoms with E-state index in [0.717, 1.165) is 47.1 Å². The highest BCUT2D eigenvalue weighted by Gasteiger charge is 2.28. The first-order valence-corrected chi connectivity index (χ1v) is 13.1. The molecule has 0 spiro atoms. The zero-order valence-electron chi connectivity index (χ0n) is 20.2. The van der Waals surface area contributed by atoms with Gasteiger partial charge in [-0.05, 0) is 68.2 Å².